The summed E-state index contributed by atoms with van der Waals surface area (Å²) in [6, 6.07) is 6.09. The van der Waals surface area contributed by atoms with Gasteiger partial charge in [0.1, 0.15) is 4.90 Å². The van der Waals surface area contributed by atoms with Crippen LogP contribution in [0.25, 0.3) is 0 Å². The standard InChI is InChI=1S/C16H36P.C7H5NO3S/c1-5-9-13-17(14-10-6-2,15-11-7-3)16-12-8-4;9-7-5-3-1-2-4-6(5)12(10,11)8-7/h5-16H2,1-4H3;1-4H,(H,8,9)/q+1;. The molecule has 0 bridgehead atoms. The molecule has 4 nitrogen and oxygen atoms in total. The minimum Gasteiger partial charge on any atom is -0.268 e. The number of unbranched alkanes of at least 4 members (excludes halogenated alkanes) is 4. The predicted octanol–water partition coefficient (Wildman–Crippen LogP) is 6.32. The van der Waals surface area contributed by atoms with Crippen molar-refractivity contribution in [2.75, 3.05) is 24.6 Å². The third kappa shape index (κ3) is 8.38. The lowest BCUT2D eigenvalue weighted by molar-refractivity contribution is 0.0985. The molecule has 0 aromatic heterocycles. The highest BCUT2D eigenvalue weighted by molar-refractivity contribution is 7.90. The van der Waals surface area contributed by atoms with Gasteiger partial charge in [-0.25, -0.2) is 13.1 Å². The van der Waals surface area contributed by atoms with Crippen LogP contribution in [0.3, 0.4) is 0 Å². The summed E-state index contributed by atoms with van der Waals surface area (Å²) in [4.78, 5) is 11.1. The SMILES string of the molecule is CCCC[P+](CCCC)(CCCC)CCCC.O=C1NS(=O)(=O)c2ccccc21. The molecule has 0 saturated carbocycles. The van der Waals surface area contributed by atoms with Crippen molar-refractivity contribution in [3.8, 4) is 0 Å². The molecule has 0 radical (unpaired) electrons. The molecule has 0 saturated heterocycles. The zero-order chi connectivity index (χ0) is 21.8. The van der Waals surface area contributed by atoms with Crippen LogP contribution in [-0.4, -0.2) is 39.0 Å². The molecule has 0 fully saturated rings. The van der Waals surface area contributed by atoms with E-state index in [1.807, 2.05) is 4.72 Å². The molecule has 29 heavy (non-hydrogen) atoms. The van der Waals surface area contributed by atoms with E-state index < -0.39 is 23.2 Å². The summed E-state index contributed by atoms with van der Waals surface area (Å²) in [5.41, 5.74) is 0.220. The van der Waals surface area contributed by atoms with Crippen molar-refractivity contribution in [1.29, 1.82) is 0 Å². The second-order valence-corrected chi connectivity index (χ2v) is 14.2. The van der Waals surface area contributed by atoms with E-state index in [0.717, 1.165) is 0 Å². The van der Waals surface area contributed by atoms with Crippen LogP contribution in [0, 0.1) is 0 Å². The van der Waals surface area contributed by atoms with Crippen molar-refractivity contribution in [3.63, 3.8) is 0 Å². The molecular formula is C23H41NO3PS+. The van der Waals surface area contributed by atoms with Gasteiger partial charge in [0.2, 0.25) is 0 Å². The van der Waals surface area contributed by atoms with Crippen LogP contribution in [0.4, 0.5) is 0 Å². The third-order valence-corrected chi connectivity index (χ3v) is 12.0. The zero-order valence-electron chi connectivity index (χ0n) is 18.9. The molecule has 1 N–H and O–H groups in total. The third-order valence-electron chi connectivity index (χ3n) is 5.59. The van der Waals surface area contributed by atoms with Gasteiger partial charge in [-0.15, -0.1) is 0 Å². The van der Waals surface area contributed by atoms with E-state index in [-0.39, 0.29) is 10.5 Å². The maximum Gasteiger partial charge on any atom is 0.266 e. The molecule has 1 aliphatic rings. The monoisotopic (exact) mass is 442 g/mol. The first-order valence-corrected chi connectivity index (χ1v) is 15.4. The summed E-state index contributed by atoms with van der Waals surface area (Å²) in [5, 5.41) is 0. The topological polar surface area (TPSA) is 63.2 Å². The number of nitrogens with one attached hydrogen (secondary N) is 1. The van der Waals surface area contributed by atoms with Gasteiger partial charge >= 0.3 is 0 Å². The van der Waals surface area contributed by atoms with E-state index in [2.05, 4.69) is 27.7 Å². The molecule has 1 aromatic rings. The molecule has 0 atom stereocenters. The minimum atomic E-state index is -3.55. The molecule has 0 unspecified atom stereocenters. The molecule has 6 heteroatoms. The maximum atomic E-state index is 11.1. The van der Waals surface area contributed by atoms with Crippen LogP contribution in [0.1, 0.15) is 89.4 Å². The second kappa shape index (κ2) is 13.4. The first-order chi connectivity index (χ1) is 13.9. The first kappa shape index (κ1) is 26.1. The molecule has 2 rings (SSSR count). The quantitative estimate of drug-likeness (QED) is 0.385. The summed E-state index contributed by atoms with van der Waals surface area (Å²) in [7, 11) is -4.12. The first-order valence-electron chi connectivity index (χ1n) is 11.4. The Balaban J connectivity index is 0.000000304. The predicted molar refractivity (Wildman–Crippen MR) is 127 cm³/mol. The van der Waals surface area contributed by atoms with Crippen molar-refractivity contribution >= 4 is 23.2 Å². The average molecular weight is 443 g/mol. The van der Waals surface area contributed by atoms with Gasteiger partial charge in [0.05, 0.1) is 30.2 Å². The van der Waals surface area contributed by atoms with Gasteiger partial charge in [-0.05, 0) is 37.8 Å². The molecule has 166 valence electrons. The van der Waals surface area contributed by atoms with E-state index in [1.165, 1.54) is 63.5 Å². The number of hydrogen-bond acceptors (Lipinski definition) is 3. The Morgan fingerprint density at radius 2 is 1.17 bits per heavy atom. The van der Waals surface area contributed by atoms with Crippen LogP contribution in [-0.2, 0) is 10.0 Å². The highest BCUT2D eigenvalue weighted by Crippen LogP contribution is 2.61. The van der Waals surface area contributed by atoms with E-state index in [4.69, 9.17) is 0 Å². The number of amides is 1. The van der Waals surface area contributed by atoms with Gasteiger partial charge in [0.15, 0.2) is 0 Å². The summed E-state index contributed by atoms with van der Waals surface area (Å²) in [6.07, 6.45) is 17.9. The fourth-order valence-electron chi connectivity index (χ4n) is 3.77. The minimum absolute atomic E-state index is 0.0648. The summed E-state index contributed by atoms with van der Waals surface area (Å²) in [5.74, 6) is -0.550. The van der Waals surface area contributed by atoms with Crippen LogP contribution < -0.4 is 4.72 Å². The van der Waals surface area contributed by atoms with E-state index in [9.17, 15) is 13.2 Å². The fourth-order valence-corrected chi connectivity index (χ4v) is 10.2. The average Bonchev–Trinajstić information content (AvgIpc) is 2.96. The second-order valence-electron chi connectivity index (χ2n) is 8.08. The van der Waals surface area contributed by atoms with Gasteiger partial charge in [-0.3, -0.25) is 4.79 Å². The lowest BCUT2D eigenvalue weighted by Gasteiger charge is -2.28. The Morgan fingerprint density at radius 1 is 0.759 bits per heavy atom. The van der Waals surface area contributed by atoms with E-state index in [1.54, 1.807) is 36.8 Å². The normalized spacial score (nSPS) is 14.7. The van der Waals surface area contributed by atoms with Gasteiger partial charge < -0.3 is 0 Å². The molecule has 0 aliphatic carbocycles. The van der Waals surface area contributed by atoms with Crippen molar-refractivity contribution in [2.45, 2.75) is 84.0 Å². The Hall–Kier alpha value is -0.930. The van der Waals surface area contributed by atoms with Crippen molar-refractivity contribution < 1.29 is 13.2 Å². The van der Waals surface area contributed by atoms with Gasteiger partial charge in [0.25, 0.3) is 15.9 Å². The number of hydrogen-bond donors (Lipinski definition) is 1. The van der Waals surface area contributed by atoms with Crippen LogP contribution in [0.2, 0.25) is 0 Å². The number of benzene rings is 1. The Labute approximate surface area is 179 Å². The van der Waals surface area contributed by atoms with Crippen LogP contribution in [0.15, 0.2) is 29.2 Å². The Bertz CT molecular complexity index is 681. The highest BCUT2D eigenvalue weighted by Gasteiger charge is 2.34. The Kier molecular flexibility index (Phi) is 12.1. The summed E-state index contributed by atoms with van der Waals surface area (Å²) >= 11 is 0. The molecule has 1 amide bonds. The number of carbonyl (C=O) groups is 1. The highest BCUT2D eigenvalue weighted by atomic mass is 32.2. The van der Waals surface area contributed by atoms with Crippen molar-refractivity contribution in [2.24, 2.45) is 0 Å². The fraction of sp³-hybridized carbons (Fsp3) is 0.696. The van der Waals surface area contributed by atoms with Crippen molar-refractivity contribution in [3.05, 3.63) is 29.8 Å². The van der Waals surface area contributed by atoms with Gasteiger partial charge in [-0.1, -0.05) is 65.5 Å². The smallest absolute Gasteiger partial charge is 0.266 e. The zero-order valence-corrected chi connectivity index (χ0v) is 20.6. The van der Waals surface area contributed by atoms with Gasteiger partial charge in [-0.2, -0.15) is 0 Å². The number of sulfonamides is 1. The van der Waals surface area contributed by atoms with E-state index >= 15 is 0 Å². The van der Waals surface area contributed by atoms with Gasteiger partial charge in [0, 0.05) is 7.26 Å². The maximum absolute atomic E-state index is 11.1. The van der Waals surface area contributed by atoms with Crippen LogP contribution in [0.5, 0.6) is 0 Å². The lowest BCUT2D eigenvalue weighted by atomic mass is 10.2. The van der Waals surface area contributed by atoms with E-state index in [0.29, 0.717) is 0 Å². The Morgan fingerprint density at radius 3 is 1.55 bits per heavy atom. The number of fused-ring (bicyclic) bond motifs is 1. The summed E-state index contributed by atoms with van der Waals surface area (Å²) < 4.78 is 24.2. The number of carbonyl (C=O) groups excluding carboxylic acids is 1. The largest absolute Gasteiger partial charge is 0.268 e. The molecular weight excluding hydrogens is 401 g/mol. The number of rotatable bonds is 12. The molecule has 1 aliphatic heterocycles. The van der Waals surface area contributed by atoms with Crippen LogP contribution >= 0.6 is 7.26 Å². The summed E-state index contributed by atoms with van der Waals surface area (Å²) in [6.45, 7) is 9.42. The lowest BCUT2D eigenvalue weighted by Crippen LogP contribution is -2.20. The molecule has 1 aromatic carbocycles. The molecule has 1 heterocycles. The van der Waals surface area contributed by atoms with Crippen molar-refractivity contribution in [1.82, 2.24) is 4.72 Å². The molecule has 0 spiro atoms.